The summed E-state index contributed by atoms with van der Waals surface area (Å²) < 4.78 is 0. The van der Waals surface area contributed by atoms with E-state index in [1.54, 1.807) is 0 Å². The SMILES string of the molecule is C.C.C=C=CCN(CCCCCCCCC)CCN(CCCCCCCCC)CCCCCCCCC. The molecule has 224 valence electrons. The molecule has 0 aliphatic rings. The maximum Gasteiger partial charge on any atom is 0.0238 e. The molecule has 0 fully saturated rings. The van der Waals surface area contributed by atoms with Crippen LogP contribution in [0.5, 0.6) is 0 Å². The van der Waals surface area contributed by atoms with Gasteiger partial charge in [-0.25, -0.2) is 0 Å². The quantitative estimate of drug-likeness (QED) is 0.0711. The normalized spacial score (nSPS) is 10.8. The lowest BCUT2D eigenvalue weighted by Crippen LogP contribution is -2.37. The summed E-state index contributed by atoms with van der Waals surface area (Å²) >= 11 is 0. The van der Waals surface area contributed by atoms with Crippen LogP contribution in [0.4, 0.5) is 0 Å². The number of nitrogens with zero attached hydrogens (tertiary/aromatic N) is 2. The minimum atomic E-state index is 0. The molecule has 0 aromatic rings. The van der Waals surface area contributed by atoms with Gasteiger partial charge in [-0.3, -0.25) is 4.90 Å². The van der Waals surface area contributed by atoms with Gasteiger partial charge in [0.15, 0.2) is 0 Å². The van der Waals surface area contributed by atoms with Crippen molar-refractivity contribution < 1.29 is 0 Å². The van der Waals surface area contributed by atoms with Gasteiger partial charge in [-0.2, -0.15) is 0 Å². The summed E-state index contributed by atoms with van der Waals surface area (Å²) in [6.07, 6.45) is 31.6. The third-order valence-corrected chi connectivity index (χ3v) is 7.46. The van der Waals surface area contributed by atoms with E-state index < -0.39 is 0 Å². The molecule has 0 aliphatic carbocycles. The lowest BCUT2D eigenvalue weighted by atomic mass is 10.1. The standard InChI is InChI=1S/C33H66N2.2CH4/c1-5-9-13-16-19-22-25-29-34(28-12-8-4)32-33-35(30-26-23-20-17-14-10-6-2)31-27-24-21-18-15-11-7-3;;/h12H,4-7,9-11,13-33H2,1-3H3;2*1H4. The van der Waals surface area contributed by atoms with Crippen molar-refractivity contribution in [2.45, 2.75) is 170 Å². The van der Waals surface area contributed by atoms with Crippen LogP contribution in [0.3, 0.4) is 0 Å². The molecule has 0 aliphatic heterocycles. The molecule has 0 spiro atoms. The van der Waals surface area contributed by atoms with Gasteiger partial charge in [-0.05, 0) is 45.0 Å². The van der Waals surface area contributed by atoms with Crippen molar-refractivity contribution in [2.24, 2.45) is 0 Å². The average molecular weight is 523 g/mol. The van der Waals surface area contributed by atoms with Gasteiger partial charge < -0.3 is 4.90 Å². The highest BCUT2D eigenvalue weighted by atomic mass is 15.2. The third kappa shape index (κ3) is 31.6. The van der Waals surface area contributed by atoms with E-state index in [2.05, 4.69) is 49.0 Å². The summed E-state index contributed by atoms with van der Waals surface area (Å²) in [7, 11) is 0. The minimum absolute atomic E-state index is 0. The Hall–Kier alpha value is -0.560. The Kier molecular flexibility index (Phi) is 39.2. The molecule has 0 aromatic heterocycles. The van der Waals surface area contributed by atoms with Crippen LogP contribution in [0.1, 0.15) is 170 Å². The molecule has 0 unspecified atom stereocenters. The number of hydrogen-bond acceptors (Lipinski definition) is 2. The molecule has 0 atom stereocenters. The first kappa shape index (κ1) is 40.9. The summed E-state index contributed by atoms with van der Waals surface area (Å²) in [5, 5.41) is 0. The van der Waals surface area contributed by atoms with Crippen LogP contribution in [-0.2, 0) is 0 Å². The Balaban J connectivity index is -0.00000578. The van der Waals surface area contributed by atoms with Crippen molar-refractivity contribution in [2.75, 3.05) is 39.3 Å². The molecule has 0 N–H and O–H groups in total. The van der Waals surface area contributed by atoms with Crippen molar-refractivity contribution in [1.82, 2.24) is 9.80 Å². The van der Waals surface area contributed by atoms with E-state index in [0.717, 1.165) is 6.54 Å². The molecule has 0 aromatic carbocycles. The molecule has 0 heterocycles. The second-order valence-corrected chi connectivity index (χ2v) is 10.9. The van der Waals surface area contributed by atoms with Gasteiger partial charge in [0.05, 0.1) is 0 Å². The predicted octanol–water partition coefficient (Wildman–Crippen LogP) is 11.5. The van der Waals surface area contributed by atoms with Gasteiger partial charge in [0.2, 0.25) is 0 Å². The van der Waals surface area contributed by atoms with Crippen LogP contribution in [-0.4, -0.2) is 49.1 Å². The van der Waals surface area contributed by atoms with E-state index in [4.69, 9.17) is 0 Å². The van der Waals surface area contributed by atoms with E-state index in [0.29, 0.717) is 0 Å². The second kappa shape index (κ2) is 35.4. The van der Waals surface area contributed by atoms with Gasteiger partial charge in [0.1, 0.15) is 0 Å². The Labute approximate surface area is 237 Å². The maximum absolute atomic E-state index is 3.80. The Morgan fingerprint density at radius 2 is 0.730 bits per heavy atom. The zero-order chi connectivity index (χ0) is 25.7. The zero-order valence-electron chi connectivity index (χ0n) is 24.8. The summed E-state index contributed by atoms with van der Waals surface area (Å²) in [6, 6.07) is 0. The Morgan fingerprint density at radius 1 is 0.432 bits per heavy atom. The molecular formula is C35H74N2. The molecule has 0 amide bonds. The smallest absolute Gasteiger partial charge is 0.0238 e. The first-order valence-electron chi connectivity index (χ1n) is 16.1. The largest absolute Gasteiger partial charge is 0.302 e. The lowest BCUT2D eigenvalue weighted by Gasteiger charge is -2.27. The van der Waals surface area contributed by atoms with Crippen LogP contribution < -0.4 is 0 Å². The van der Waals surface area contributed by atoms with Crippen LogP contribution >= 0.6 is 0 Å². The van der Waals surface area contributed by atoms with E-state index in [1.807, 2.05) is 0 Å². The number of rotatable bonds is 29. The first-order valence-corrected chi connectivity index (χ1v) is 16.1. The third-order valence-electron chi connectivity index (χ3n) is 7.46. The van der Waals surface area contributed by atoms with Crippen LogP contribution in [0, 0.1) is 0 Å². The Bertz CT molecular complexity index is 423. The van der Waals surface area contributed by atoms with Crippen molar-refractivity contribution in [3.63, 3.8) is 0 Å². The molecular weight excluding hydrogens is 448 g/mol. The van der Waals surface area contributed by atoms with Crippen LogP contribution in [0.2, 0.25) is 0 Å². The van der Waals surface area contributed by atoms with Crippen LogP contribution in [0.15, 0.2) is 18.4 Å². The molecule has 0 saturated carbocycles. The van der Waals surface area contributed by atoms with E-state index in [-0.39, 0.29) is 14.9 Å². The number of hydrogen-bond donors (Lipinski definition) is 0. The van der Waals surface area contributed by atoms with Crippen molar-refractivity contribution >= 4 is 0 Å². The Morgan fingerprint density at radius 3 is 1.08 bits per heavy atom. The van der Waals surface area contributed by atoms with Crippen molar-refractivity contribution in [3.05, 3.63) is 18.4 Å². The predicted molar refractivity (Wildman–Crippen MR) is 174 cm³/mol. The van der Waals surface area contributed by atoms with Gasteiger partial charge in [-0.1, -0.05) is 158 Å². The fourth-order valence-electron chi connectivity index (χ4n) is 4.98. The maximum atomic E-state index is 3.80. The van der Waals surface area contributed by atoms with Gasteiger partial charge in [-0.15, -0.1) is 5.73 Å². The van der Waals surface area contributed by atoms with E-state index in [1.165, 1.54) is 168 Å². The summed E-state index contributed by atoms with van der Waals surface area (Å²) in [4.78, 5) is 5.43. The molecule has 0 saturated heterocycles. The van der Waals surface area contributed by atoms with Gasteiger partial charge in [0, 0.05) is 19.6 Å². The molecule has 2 nitrogen and oxygen atoms in total. The van der Waals surface area contributed by atoms with Gasteiger partial charge in [0.25, 0.3) is 0 Å². The highest BCUT2D eigenvalue weighted by molar-refractivity contribution is 4.80. The van der Waals surface area contributed by atoms with Crippen LogP contribution in [0.25, 0.3) is 0 Å². The van der Waals surface area contributed by atoms with E-state index >= 15 is 0 Å². The second-order valence-electron chi connectivity index (χ2n) is 10.9. The molecule has 37 heavy (non-hydrogen) atoms. The minimum Gasteiger partial charge on any atom is -0.302 e. The summed E-state index contributed by atoms with van der Waals surface area (Å²) in [6.45, 7) is 18.0. The summed E-state index contributed by atoms with van der Waals surface area (Å²) in [5.74, 6) is 0. The number of unbranched alkanes of at least 4 members (excludes halogenated alkanes) is 18. The molecule has 0 bridgehead atoms. The molecule has 2 heteroatoms. The average Bonchev–Trinajstić information content (AvgIpc) is 2.87. The lowest BCUT2D eigenvalue weighted by molar-refractivity contribution is 0.205. The zero-order valence-corrected chi connectivity index (χ0v) is 24.8. The highest BCUT2D eigenvalue weighted by Crippen LogP contribution is 2.11. The van der Waals surface area contributed by atoms with Gasteiger partial charge >= 0.3 is 0 Å². The molecule has 0 radical (unpaired) electrons. The fraction of sp³-hybridized carbons (Fsp3) is 0.914. The highest BCUT2D eigenvalue weighted by Gasteiger charge is 2.09. The first-order chi connectivity index (χ1) is 17.3. The van der Waals surface area contributed by atoms with Crippen molar-refractivity contribution in [1.29, 1.82) is 0 Å². The van der Waals surface area contributed by atoms with E-state index in [9.17, 15) is 0 Å². The summed E-state index contributed by atoms with van der Waals surface area (Å²) in [5.41, 5.74) is 3.01. The fourth-order valence-corrected chi connectivity index (χ4v) is 4.98. The monoisotopic (exact) mass is 523 g/mol. The molecule has 0 rings (SSSR count). The topological polar surface area (TPSA) is 6.48 Å². The van der Waals surface area contributed by atoms with Crippen molar-refractivity contribution in [3.8, 4) is 0 Å².